The first-order chi connectivity index (χ1) is 11.8. The summed E-state index contributed by atoms with van der Waals surface area (Å²) >= 11 is 0. The van der Waals surface area contributed by atoms with Gasteiger partial charge in [-0.25, -0.2) is 0 Å². The van der Waals surface area contributed by atoms with Gasteiger partial charge in [0.15, 0.2) is 0 Å². The fourth-order valence-electron chi connectivity index (χ4n) is 3.28. The van der Waals surface area contributed by atoms with E-state index in [-0.39, 0.29) is 5.91 Å². The Morgan fingerprint density at radius 2 is 2.00 bits per heavy atom. The number of likely N-dealkylation sites (tertiary alicyclic amines) is 1. The van der Waals surface area contributed by atoms with Gasteiger partial charge in [-0.3, -0.25) is 14.9 Å². The van der Waals surface area contributed by atoms with Gasteiger partial charge in [-0.15, -0.1) is 0 Å². The smallest absolute Gasteiger partial charge is 0.257 e. The Morgan fingerprint density at radius 3 is 2.79 bits per heavy atom. The minimum Gasteiger partial charge on any atom is -0.338 e. The van der Waals surface area contributed by atoms with Crippen molar-refractivity contribution in [2.24, 2.45) is 0 Å². The molecule has 5 nitrogen and oxygen atoms in total. The molecule has 1 N–H and O–H groups in total. The fourth-order valence-corrected chi connectivity index (χ4v) is 3.28. The summed E-state index contributed by atoms with van der Waals surface area (Å²) in [5, 5.41) is 7.05. The summed E-state index contributed by atoms with van der Waals surface area (Å²) in [6.45, 7) is 1.49. The third-order valence-electron chi connectivity index (χ3n) is 4.56. The summed E-state index contributed by atoms with van der Waals surface area (Å²) in [6, 6.07) is 13.9. The van der Waals surface area contributed by atoms with Crippen LogP contribution in [0.25, 0.3) is 11.3 Å². The van der Waals surface area contributed by atoms with Crippen molar-refractivity contribution in [3.8, 4) is 11.3 Å². The van der Waals surface area contributed by atoms with E-state index in [0.29, 0.717) is 11.5 Å². The van der Waals surface area contributed by atoms with Gasteiger partial charge in [0, 0.05) is 37.0 Å². The van der Waals surface area contributed by atoms with E-state index in [0.717, 1.165) is 30.8 Å². The zero-order valence-corrected chi connectivity index (χ0v) is 13.2. The molecule has 0 aliphatic carbocycles. The van der Waals surface area contributed by atoms with Gasteiger partial charge in [0.25, 0.3) is 5.91 Å². The summed E-state index contributed by atoms with van der Waals surface area (Å²) in [7, 11) is 0. The number of hydrogen-bond acceptors (Lipinski definition) is 3. The molecule has 1 unspecified atom stereocenters. The van der Waals surface area contributed by atoms with Gasteiger partial charge < -0.3 is 4.90 Å². The molecule has 1 saturated heterocycles. The lowest BCUT2D eigenvalue weighted by Crippen LogP contribution is -2.28. The van der Waals surface area contributed by atoms with Crippen molar-refractivity contribution in [1.29, 1.82) is 0 Å². The number of rotatable bonds is 3. The highest BCUT2D eigenvalue weighted by atomic mass is 16.2. The number of nitrogens with one attached hydrogen (secondary N) is 1. The van der Waals surface area contributed by atoms with Crippen LogP contribution in [0.5, 0.6) is 0 Å². The number of benzene rings is 1. The molecule has 4 rings (SSSR count). The average molecular weight is 318 g/mol. The second-order valence-electron chi connectivity index (χ2n) is 6.05. The first-order valence-corrected chi connectivity index (χ1v) is 8.11. The van der Waals surface area contributed by atoms with Crippen LogP contribution in [0.1, 0.15) is 28.3 Å². The number of amides is 1. The molecule has 1 aromatic carbocycles. The van der Waals surface area contributed by atoms with Crippen molar-refractivity contribution in [2.75, 3.05) is 13.1 Å². The maximum atomic E-state index is 12.9. The van der Waals surface area contributed by atoms with Gasteiger partial charge >= 0.3 is 0 Å². The molecular formula is C19H18N4O. The highest BCUT2D eigenvalue weighted by molar-refractivity contribution is 5.99. The third kappa shape index (κ3) is 2.69. The lowest BCUT2D eigenvalue weighted by atomic mass is 10.0. The molecule has 0 saturated carbocycles. The Morgan fingerprint density at radius 1 is 1.12 bits per heavy atom. The van der Waals surface area contributed by atoms with Gasteiger partial charge in [0.05, 0.1) is 17.5 Å². The highest BCUT2D eigenvalue weighted by Gasteiger charge is 2.29. The van der Waals surface area contributed by atoms with Gasteiger partial charge in [0.2, 0.25) is 0 Å². The van der Waals surface area contributed by atoms with Crippen LogP contribution in [0.15, 0.2) is 61.1 Å². The Hall–Kier alpha value is -2.95. The van der Waals surface area contributed by atoms with E-state index in [9.17, 15) is 4.79 Å². The molecule has 24 heavy (non-hydrogen) atoms. The van der Waals surface area contributed by atoms with Crippen molar-refractivity contribution in [3.05, 3.63) is 72.2 Å². The Bertz CT molecular complexity index is 829. The monoisotopic (exact) mass is 318 g/mol. The Labute approximate surface area is 140 Å². The van der Waals surface area contributed by atoms with Crippen LogP contribution >= 0.6 is 0 Å². The predicted molar refractivity (Wildman–Crippen MR) is 91.5 cm³/mol. The lowest BCUT2D eigenvalue weighted by Gasteiger charge is -2.16. The van der Waals surface area contributed by atoms with E-state index < -0.39 is 0 Å². The van der Waals surface area contributed by atoms with E-state index in [4.69, 9.17) is 0 Å². The molecule has 1 amide bonds. The minimum absolute atomic E-state index is 0.0361. The molecule has 1 fully saturated rings. The molecule has 0 bridgehead atoms. The molecule has 1 aliphatic rings. The first kappa shape index (κ1) is 14.6. The number of carbonyl (C=O) groups excluding carboxylic acids is 1. The molecule has 1 atom stereocenters. The van der Waals surface area contributed by atoms with Crippen molar-refractivity contribution in [3.63, 3.8) is 0 Å². The number of hydrogen-bond donors (Lipinski definition) is 1. The van der Waals surface area contributed by atoms with Crippen LogP contribution in [-0.4, -0.2) is 39.1 Å². The highest BCUT2D eigenvalue weighted by Crippen LogP contribution is 2.29. The Balaban J connectivity index is 1.55. The SMILES string of the molecule is O=C(c1cn[nH]c1-c1ccccc1)N1CCC(c2cccnc2)C1. The molecule has 120 valence electrons. The molecule has 0 spiro atoms. The van der Waals surface area contributed by atoms with Crippen molar-refractivity contribution in [1.82, 2.24) is 20.1 Å². The van der Waals surface area contributed by atoms with Crippen LogP contribution in [-0.2, 0) is 0 Å². The summed E-state index contributed by atoms with van der Waals surface area (Å²) < 4.78 is 0. The van der Waals surface area contributed by atoms with Gasteiger partial charge in [0.1, 0.15) is 0 Å². The minimum atomic E-state index is 0.0361. The number of H-pyrrole nitrogens is 1. The fraction of sp³-hybridized carbons (Fsp3) is 0.211. The van der Waals surface area contributed by atoms with E-state index >= 15 is 0 Å². The molecule has 1 aliphatic heterocycles. The maximum absolute atomic E-state index is 12.9. The topological polar surface area (TPSA) is 61.9 Å². The number of pyridine rings is 1. The summed E-state index contributed by atoms with van der Waals surface area (Å²) in [5.41, 5.74) is 3.59. The van der Waals surface area contributed by atoms with Gasteiger partial charge in [-0.1, -0.05) is 36.4 Å². The zero-order chi connectivity index (χ0) is 16.4. The van der Waals surface area contributed by atoms with E-state index in [2.05, 4.69) is 21.2 Å². The molecular weight excluding hydrogens is 300 g/mol. The molecule has 2 aromatic heterocycles. The van der Waals surface area contributed by atoms with Crippen LogP contribution < -0.4 is 0 Å². The van der Waals surface area contributed by atoms with E-state index in [1.807, 2.05) is 47.5 Å². The summed E-state index contributed by atoms with van der Waals surface area (Å²) in [4.78, 5) is 19.0. The number of aromatic nitrogens is 3. The zero-order valence-electron chi connectivity index (χ0n) is 13.2. The van der Waals surface area contributed by atoms with E-state index in [1.54, 1.807) is 12.4 Å². The quantitative estimate of drug-likeness (QED) is 0.807. The van der Waals surface area contributed by atoms with Crippen LogP contribution in [0.3, 0.4) is 0 Å². The summed E-state index contributed by atoms with van der Waals surface area (Å²) in [6.07, 6.45) is 6.27. The average Bonchev–Trinajstić information content (AvgIpc) is 3.32. The first-order valence-electron chi connectivity index (χ1n) is 8.11. The predicted octanol–water partition coefficient (Wildman–Crippen LogP) is 3.10. The largest absolute Gasteiger partial charge is 0.338 e. The van der Waals surface area contributed by atoms with E-state index in [1.165, 1.54) is 5.56 Å². The summed E-state index contributed by atoms with van der Waals surface area (Å²) in [5.74, 6) is 0.392. The second-order valence-corrected chi connectivity index (χ2v) is 6.05. The Kier molecular flexibility index (Phi) is 3.83. The third-order valence-corrected chi connectivity index (χ3v) is 4.56. The van der Waals surface area contributed by atoms with Gasteiger partial charge in [-0.2, -0.15) is 5.10 Å². The van der Waals surface area contributed by atoms with Crippen LogP contribution in [0.2, 0.25) is 0 Å². The normalized spacial score (nSPS) is 17.2. The number of aromatic amines is 1. The number of nitrogens with zero attached hydrogens (tertiary/aromatic N) is 3. The second kappa shape index (κ2) is 6.28. The lowest BCUT2D eigenvalue weighted by molar-refractivity contribution is 0.0791. The maximum Gasteiger partial charge on any atom is 0.257 e. The van der Waals surface area contributed by atoms with Crippen molar-refractivity contribution < 1.29 is 4.79 Å². The molecule has 0 radical (unpaired) electrons. The molecule has 3 heterocycles. The standard InChI is InChI=1S/C19H18N4O/c24-19(17-12-21-22-18(17)14-5-2-1-3-6-14)23-10-8-16(13-23)15-7-4-9-20-11-15/h1-7,9,11-12,16H,8,10,13H2,(H,21,22). The molecule has 5 heteroatoms. The van der Waals surface area contributed by atoms with Crippen LogP contribution in [0.4, 0.5) is 0 Å². The number of carbonyl (C=O) groups is 1. The molecule has 3 aromatic rings. The van der Waals surface area contributed by atoms with Crippen molar-refractivity contribution in [2.45, 2.75) is 12.3 Å². The van der Waals surface area contributed by atoms with Crippen molar-refractivity contribution >= 4 is 5.91 Å². The van der Waals surface area contributed by atoms with Gasteiger partial charge in [-0.05, 0) is 18.1 Å². The van der Waals surface area contributed by atoms with Crippen LogP contribution in [0, 0.1) is 0 Å².